The molecule has 1 saturated heterocycles. The highest BCUT2D eigenvalue weighted by atomic mass is 16.8. The molecule has 268 valence electrons. The molecule has 1 aromatic heterocycles. The van der Waals surface area contributed by atoms with E-state index >= 15 is 0 Å². The van der Waals surface area contributed by atoms with Crippen LogP contribution in [0, 0.1) is 11.8 Å². The van der Waals surface area contributed by atoms with Crippen LogP contribution in [0.2, 0.25) is 0 Å². The summed E-state index contributed by atoms with van der Waals surface area (Å²) < 4.78 is 45.4. The van der Waals surface area contributed by atoms with Gasteiger partial charge in [0.05, 0.1) is 23.4 Å². The van der Waals surface area contributed by atoms with Gasteiger partial charge in [-0.05, 0) is 30.2 Å². The fourth-order valence-corrected chi connectivity index (χ4v) is 6.31. The lowest BCUT2D eigenvalue weighted by molar-refractivity contribution is -0.342. The lowest BCUT2D eigenvalue weighted by Crippen LogP contribution is -2.63. The van der Waals surface area contributed by atoms with Crippen molar-refractivity contribution in [3.05, 3.63) is 53.9 Å². The summed E-state index contributed by atoms with van der Waals surface area (Å²) in [6.07, 6.45) is -3.17. The molecule has 0 unspecified atom stereocenters. The van der Waals surface area contributed by atoms with Gasteiger partial charge in [-0.2, -0.15) is 0 Å². The second-order valence-corrected chi connectivity index (χ2v) is 11.9. The number of benzene rings is 1. The Morgan fingerprint density at radius 1 is 0.820 bits per heavy atom. The van der Waals surface area contributed by atoms with Gasteiger partial charge in [0, 0.05) is 57.6 Å². The number of hydrogen-bond donors (Lipinski definition) is 2. The molecule has 3 heterocycles. The Kier molecular flexibility index (Phi) is 11.2. The molecule has 16 nitrogen and oxygen atoms in total. The van der Waals surface area contributed by atoms with Crippen molar-refractivity contribution in [3.63, 3.8) is 0 Å². The molecule has 8 atom stereocenters. The summed E-state index contributed by atoms with van der Waals surface area (Å²) in [5, 5.41) is 3.75. The number of aromatic nitrogens is 1. The van der Waals surface area contributed by atoms with Gasteiger partial charge in [-0.3, -0.25) is 28.8 Å². The van der Waals surface area contributed by atoms with Crippen LogP contribution >= 0.6 is 0 Å². The molecule has 0 spiro atoms. The van der Waals surface area contributed by atoms with Crippen molar-refractivity contribution in [2.75, 3.05) is 18.5 Å². The molecular formula is C34H38N2O14. The van der Waals surface area contributed by atoms with E-state index in [1.807, 2.05) is 18.2 Å². The largest absolute Gasteiger partial charge is 0.471 e. The zero-order valence-electron chi connectivity index (χ0n) is 28.0. The predicted molar refractivity (Wildman–Crippen MR) is 169 cm³/mol. The molecular weight excluding hydrogens is 660 g/mol. The average Bonchev–Trinajstić information content (AvgIpc) is 3.70. The number of carbonyl (C=O) groups excluding carboxylic acids is 6. The minimum absolute atomic E-state index is 0.129. The standard InChI is InChI=1S/C34H38N2O14/c1-16(37)43-13-21-9-10-22-24(32(42)36-26-8-6-7-25-23(26)11-12-35-25)14-45-33(28(21)22)50-34-31(48-20(5)41)30(47-19(4)40)29(46-18(3)39)27(49-34)15-44-17(2)38/h6-9,11-12,14,22,27-31,33-35H,10,13,15H2,1-5H3,(H,36,42)/t22-,27-,28-,29-,30+,31-,33+,34+/m1/s1. The molecule has 0 saturated carbocycles. The SMILES string of the molecule is CC(=O)OCC1=CC[C@@H]2C(C(=O)Nc3cccc4[nH]ccc34)=CO[C@@H](O[C@@H]3O[C@H](COC(C)=O)[C@@H](OC(C)=O)[C@H](OC(C)=O)[C@H]3OC(C)=O)[C@H]12. The number of nitrogens with one attached hydrogen (secondary N) is 2. The zero-order chi connectivity index (χ0) is 36.1. The topological polar surface area (TPSA) is 204 Å². The summed E-state index contributed by atoms with van der Waals surface area (Å²) in [7, 11) is 0. The van der Waals surface area contributed by atoms with E-state index in [9.17, 15) is 28.8 Å². The molecule has 50 heavy (non-hydrogen) atoms. The summed E-state index contributed by atoms with van der Waals surface area (Å²) in [5.74, 6) is -5.26. The van der Waals surface area contributed by atoms with E-state index in [2.05, 4.69) is 10.3 Å². The number of hydrogen-bond acceptors (Lipinski definition) is 14. The Hall–Kier alpha value is -5.22. The second kappa shape index (κ2) is 15.6. The maximum absolute atomic E-state index is 13.7. The molecule has 1 aromatic carbocycles. The zero-order valence-corrected chi connectivity index (χ0v) is 28.0. The summed E-state index contributed by atoms with van der Waals surface area (Å²) in [4.78, 5) is 77.0. The molecule has 2 aliphatic heterocycles. The van der Waals surface area contributed by atoms with Crippen molar-refractivity contribution in [2.45, 2.75) is 78.0 Å². The number of aromatic amines is 1. The van der Waals surface area contributed by atoms with E-state index in [0.717, 1.165) is 38.6 Å². The maximum atomic E-state index is 13.7. The number of amides is 1. The van der Waals surface area contributed by atoms with Gasteiger partial charge in [0.15, 0.2) is 18.3 Å². The van der Waals surface area contributed by atoms with Crippen LogP contribution in [0.4, 0.5) is 5.69 Å². The van der Waals surface area contributed by atoms with Crippen molar-refractivity contribution in [3.8, 4) is 0 Å². The fraction of sp³-hybridized carbons (Fsp3) is 0.471. The molecule has 1 fully saturated rings. The number of ether oxygens (including phenoxy) is 8. The van der Waals surface area contributed by atoms with Crippen molar-refractivity contribution in [1.29, 1.82) is 0 Å². The second-order valence-electron chi connectivity index (χ2n) is 11.9. The van der Waals surface area contributed by atoms with E-state index in [0.29, 0.717) is 17.7 Å². The molecule has 3 aliphatic rings. The molecule has 2 aromatic rings. The van der Waals surface area contributed by atoms with E-state index in [4.69, 9.17) is 37.9 Å². The molecule has 1 aliphatic carbocycles. The van der Waals surface area contributed by atoms with Gasteiger partial charge in [0.2, 0.25) is 12.6 Å². The first-order chi connectivity index (χ1) is 23.8. The highest BCUT2D eigenvalue weighted by molar-refractivity contribution is 6.08. The van der Waals surface area contributed by atoms with E-state index in [1.165, 1.54) is 13.2 Å². The van der Waals surface area contributed by atoms with E-state index in [1.54, 1.807) is 18.3 Å². The molecule has 0 bridgehead atoms. The van der Waals surface area contributed by atoms with Gasteiger partial charge < -0.3 is 48.2 Å². The van der Waals surface area contributed by atoms with Crippen LogP contribution in [0.3, 0.4) is 0 Å². The summed E-state index contributed by atoms with van der Waals surface area (Å²) in [5.41, 5.74) is 2.29. The minimum atomic E-state index is -1.55. The highest BCUT2D eigenvalue weighted by Gasteiger charge is 2.55. The third-order valence-corrected chi connectivity index (χ3v) is 8.28. The lowest BCUT2D eigenvalue weighted by Gasteiger charge is -2.45. The number of fused-ring (bicyclic) bond motifs is 2. The summed E-state index contributed by atoms with van der Waals surface area (Å²) in [6, 6.07) is 7.28. The Bertz CT molecular complexity index is 1710. The Morgan fingerprint density at radius 2 is 1.50 bits per heavy atom. The van der Waals surface area contributed by atoms with Crippen LogP contribution in [0.1, 0.15) is 41.0 Å². The van der Waals surface area contributed by atoms with Gasteiger partial charge in [-0.25, -0.2) is 0 Å². The molecule has 1 amide bonds. The van der Waals surface area contributed by atoms with Crippen LogP contribution < -0.4 is 5.32 Å². The quantitative estimate of drug-likeness (QED) is 0.197. The third-order valence-electron chi connectivity index (χ3n) is 8.28. The summed E-state index contributed by atoms with van der Waals surface area (Å²) >= 11 is 0. The Balaban J connectivity index is 1.47. The van der Waals surface area contributed by atoms with Gasteiger partial charge >= 0.3 is 29.8 Å². The van der Waals surface area contributed by atoms with Crippen molar-refractivity contribution in [1.82, 2.24) is 4.98 Å². The van der Waals surface area contributed by atoms with Crippen LogP contribution in [0.5, 0.6) is 0 Å². The van der Waals surface area contributed by atoms with Crippen LogP contribution in [0.25, 0.3) is 10.9 Å². The first-order valence-corrected chi connectivity index (χ1v) is 15.8. The average molecular weight is 699 g/mol. The van der Waals surface area contributed by atoms with Crippen molar-refractivity contribution in [2.24, 2.45) is 11.8 Å². The molecule has 0 radical (unpaired) electrons. The van der Waals surface area contributed by atoms with Gasteiger partial charge in [-0.1, -0.05) is 12.1 Å². The Morgan fingerprint density at radius 3 is 2.18 bits per heavy atom. The number of esters is 5. The van der Waals surface area contributed by atoms with Crippen LogP contribution in [0.15, 0.2) is 53.9 Å². The fourth-order valence-electron chi connectivity index (χ4n) is 6.31. The van der Waals surface area contributed by atoms with Crippen molar-refractivity contribution < 1.29 is 66.7 Å². The monoisotopic (exact) mass is 698 g/mol. The normalized spacial score (nSPS) is 27.1. The van der Waals surface area contributed by atoms with Crippen molar-refractivity contribution >= 4 is 52.3 Å². The smallest absolute Gasteiger partial charge is 0.303 e. The highest BCUT2D eigenvalue weighted by Crippen LogP contribution is 2.45. The van der Waals surface area contributed by atoms with Gasteiger partial charge in [0.25, 0.3) is 5.91 Å². The van der Waals surface area contributed by atoms with E-state index < -0.39 is 91.2 Å². The number of allylic oxidation sites excluding steroid dienone is 1. The number of anilines is 1. The minimum Gasteiger partial charge on any atom is -0.471 e. The number of carbonyl (C=O) groups is 6. The van der Waals surface area contributed by atoms with Gasteiger partial charge in [-0.15, -0.1) is 0 Å². The van der Waals surface area contributed by atoms with Crippen LogP contribution in [-0.2, 0) is 66.7 Å². The summed E-state index contributed by atoms with van der Waals surface area (Å²) in [6.45, 7) is 5.17. The Labute approximate surface area is 286 Å². The predicted octanol–water partition coefficient (Wildman–Crippen LogP) is 2.57. The third kappa shape index (κ3) is 8.31. The number of H-pyrrole nitrogens is 1. The first kappa shape index (κ1) is 36.1. The lowest BCUT2D eigenvalue weighted by atomic mass is 9.83. The molecule has 5 rings (SSSR count). The van der Waals surface area contributed by atoms with E-state index in [-0.39, 0.29) is 12.2 Å². The van der Waals surface area contributed by atoms with Crippen LogP contribution in [-0.4, -0.2) is 90.9 Å². The number of rotatable bonds is 11. The maximum Gasteiger partial charge on any atom is 0.303 e. The van der Waals surface area contributed by atoms with Gasteiger partial charge in [0.1, 0.15) is 19.3 Å². The molecule has 16 heteroatoms. The first-order valence-electron chi connectivity index (χ1n) is 15.8. The molecule has 2 N–H and O–H groups in total.